The average Bonchev–Trinajstić information content (AvgIpc) is 3.69. The fourth-order valence-electron chi connectivity index (χ4n) is 6.56. The third-order valence-corrected chi connectivity index (χ3v) is 9.31. The summed E-state index contributed by atoms with van der Waals surface area (Å²) in [5.41, 5.74) is -0.599. The Morgan fingerprint density at radius 2 is 1.97 bits per heavy atom. The van der Waals surface area contributed by atoms with Gasteiger partial charge in [0.2, 0.25) is 5.91 Å². The van der Waals surface area contributed by atoms with E-state index in [-0.39, 0.29) is 29.7 Å². The van der Waals surface area contributed by atoms with Crippen molar-refractivity contribution in [1.82, 2.24) is 20.1 Å². The predicted molar refractivity (Wildman–Crippen MR) is 132 cm³/mol. The van der Waals surface area contributed by atoms with Crippen molar-refractivity contribution in [2.45, 2.75) is 37.6 Å². The van der Waals surface area contributed by atoms with Crippen LogP contribution in [-0.4, -0.2) is 52.3 Å². The summed E-state index contributed by atoms with van der Waals surface area (Å²) in [6, 6.07) is 9.15. The monoisotopic (exact) mass is 490 g/mol. The Balaban J connectivity index is 1.21. The zero-order valence-corrected chi connectivity index (χ0v) is 20.5. The molecule has 4 aliphatic rings. The molecule has 182 valence electrons. The highest BCUT2D eigenvalue weighted by atomic mass is 32.1. The molecule has 6 rings (SSSR count). The summed E-state index contributed by atoms with van der Waals surface area (Å²) < 4.78 is 0. The normalized spacial score (nSPS) is 30.3. The second kappa shape index (κ2) is 8.90. The minimum atomic E-state index is -1.18. The van der Waals surface area contributed by atoms with Gasteiger partial charge in [0, 0.05) is 42.5 Å². The number of hydrogen-bond acceptors (Lipinski definition) is 5. The minimum absolute atomic E-state index is 0.104. The first-order valence-electron chi connectivity index (χ1n) is 12.6. The molecule has 2 aliphatic carbocycles. The molecule has 0 spiro atoms. The van der Waals surface area contributed by atoms with Crippen LogP contribution in [-0.2, 0) is 21.5 Å². The topological polar surface area (TPSA) is 82.6 Å². The van der Waals surface area contributed by atoms with Crippen molar-refractivity contribution in [2.75, 3.05) is 19.6 Å². The van der Waals surface area contributed by atoms with Crippen LogP contribution < -0.4 is 5.32 Å². The number of likely N-dealkylation sites (tertiary alicyclic amines) is 1. The number of urea groups is 1. The van der Waals surface area contributed by atoms with E-state index in [9.17, 15) is 14.4 Å². The SMILES string of the molecule is O=C([C@@H]1C[C@H]2C=C[C@@H]1C2)N1CCC(C2(c3ccccn3)NC(=O)N(CCc3cccs3)C2=O)CC1. The van der Waals surface area contributed by atoms with E-state index >= 15 is 0 Å². The Morgan fingerprint density at radius 3 is 2.63 bits per heavy atom. The molecule has 8 heteroatoms. The number of carbonyl (C=O) groups is 3. The number of thiophene rings is 1. The zero-order valence-electron chi connectivity index (χ0n) is 19.6. The molecule has 4 atom stereocenters. The lowest BCUT2D eigenvalue weighted by Gasteiger charge is -2.41. The van der Waals surface area contributed by atoms with Crippen molar-refractivity contribution < 1.29 is 14.4 Å². The number of hydrogen-bond donors (Lipinski definition) is 1. The average molecular weight is 491 g/mol. The molecule has 0 aromatic carbocycles. The number of nitrogens with one attached hydrogen (secondary N) is 1. The van der Waals surface area contributed by atoms with Gasteiger partial charge < -0.3 is 10.2 Å². The third-order valence-electron chi connectivity index (χ3n) is 8.38. The molecule has 2 bridgehead atoms. The van der Waals surface area contributed by atoms with Crippen molar-refractivity contribution in [3.63, 3.8) is 0 Å². The maximum atomic E-state index is 13.9. The highest BCUT2D eigenvalue weighted by Crippen LogP contribution is 2.45. The summed E-state index contributed by atoms with van der Waals surface area (Å²) in [7, 11) is 0. The first-order chi connectivity index (χ1) is 17.1. The van der Waals surface area contributed by atoms with E-state index in [0.29, 0.717) is 56.4 Å². The van der Waals surface area contributed by atoms with Crippen LogP contribution in [0.4, 0.5) is 4.79 Å². The Labute approximate surface area is 209 Å². The molecular formula is C27H30N4O3S. The molecule has 3 fully saturated rings. The van der Waals surface area contributed by atoms with Crippen molar-refractivity contribution in [3.05, 3.63) is 64.6 Å². The van der Waals surface area contributed by atoms with Gasteiger partial charge in [-0.3, -0.25) is 19.5 Å². The molecule has 0 radical (unpaired) electrons. The minimum Gasteiger partial charge on any atom is -0.342 e. The van der Waals surface area contributed by atoms with E-state index in [1.54, 1.807) is 17.5 Å². The van der Waals surface area contributed by atoms with E-state index < -0.39 is 5.54 Å². The van der Waals surface area contributed by atoms with Gasteiger partial charge in [-0.25, -0.2) is 4.79 Å². The summed E-state index contributed by atoms with van der Waals surface area (Å²) in [5.74, 6) is 0.965. The van der Waals surface area contributed by atoms with Crippen LogP contribution in [0.15, 0.2) is 54.1 Å². The Kier molecular flexibility index (Phi) is 5.71. The summed E-state index contributed by atoms with van der Waals surface area (Å²) in [6.07, 6.45) is 10.2. The number of piperidine rings is 1. The first-order valence-corrected chi connectivity index (χ1v) is 13.5. The number of nitrogens with zero attached hydrogens (tertiary/aromatic N) is 3. The predicted octanol–water partition coefficient (Wildman–Crippen LogP) is 3.58. The number of allylic oxidation sites excluding steroid dienone is 2. The van der Waals surface area contributed by atoms with Crippen LogP contribution in [0.1, 0.15) is 36.3 Å². The molecule has 1 saturated carbocycles. The lowest BCUT2D eigenvalue weighted by atomic mass is 9.74. The maximum Gasteiger partial charge on any atom is 0.325 e. The molecule has 1 N–H and O–H groups in total. The number of amides is 4. The van der Waals surface area contributed by atoms with Crippen molar-refractivity contribution in [2.24, 2.45) is 23.7 Å². The van der Waals surface area contributed by atoms with Gasteiger partial charge in [0.25, 0.3) is 5.91 Å². The Bertz CT molecular complexity index is 1140. The summed E-state index contributed by atoms with van der Waals surface area (Å²) in [5, 5.41) is 5.07. The molecule has 2 aromatic rings. The standard InChI is InChI=1S/C27H30N4O3S/c32-24(22-17-18-6-7-19(22)16-18)30-12-8-20(9-13-30)27(23-5-1-2-11-28-23)25(33)31(26(34)29-27)14-10-21-4-3-15-35-21/h1-7,11,15,18-20,22H,8-10,12-14,16-17H2,(H,29,34)/t18-,19+,22+,27?/m0/s1. The molecule has 2 aromatic heterocycles. The molecular weight excluding hydrogens is 460 g/mol. The second-order valence-corrected chi connectivity index (χ2v) is 11.3. The van der Waals surface area contributed by atoms with Crippen molar-refractivity contribution in [1.29, 1.82) is 0 Å². The number of fused-ring (bicyclic) bond motifs is 2. The smallest absolute Gasteiger partial charge is 0.325 e. The second-order valence-electron chi connectivity index (χ2n) is 10.2. The van der Waals surface area contributed by atoms with Crippen LogP contribution in [0.25, 0.3) is 0 Å². The molecule has 1 unspecified atom stereocenters. The number of imide groups is 1. The lowest BCUT2D eigenvalue weighted by Crippen LogP contribution is -2.55. The molecule has 2 saturated heterocycles. The van der Waals surface area contributed by atoms with E-state index in [1.165, 1.54) is 4.90 Å². The quantitative estimate of drug-likeness (QED) is 0.496. The van der Waals surface area contributed by atoms with Gasteiger partial charge in [0.1, 0.15) is 0 Å². The van der Waals surface area contributed by atoms with E-state index in [2.05, 4.69) is 22.5 Å². The van der Waals surface area contributed by atoms with Gasteiger partial charge in [-0.05, 0) is 67.5 Å². The zero-order chi connectivity index (χ0) is 24.0. The highest BCUT2D eigenvalue weighted by Gasteiger charge is 2.58. The Hall–Kier alpha value is -3.00. The molecule has 35 heavy (non-hydrogen) atoms. The maximum absolute atomic E-state index is 13.9. The summed E-state index contributed by atoms with van der Waals surface area (Å²) in [6.45, 7) is 1.55. The van der Waals surface area contributed by atoms with Gasteiger partial charge in [-0.1, -0.05) is 24.3 Å². The van der Waals surface area contributed by atoms with Crippen LogP contribution in [0.5, 0.6) is 0 Å². The fourth-order valence-corrected chi connectivity index (χ4v) is 7.26. The van der Waals surface area contributed by atoms with E-state index in [4.69, 9.17) is 0 Å². The molecule has 7 nitrogen and oxygen atoms in total. The van der Waals surface area contributed by atoms with Crippen molar-refractivity contribution in [3.8, 4) is 0 Å². The molecule has 2 aliphatic heterocycles. The number of pyridine rings is 1. The highest BCUT2D eigenvalue weighted by molar-refractivity contribution is 7.09. The number of carbonyl (C=O) groups excluding carboxylic acids is 3. The molecule has 4 heterocycles. The molecule has 4 amide bonds. The van der Waals surface area contributed by atoms with E-state index in [0.717, 1.165) is 17.7 Å². The fraction of sp³-hybridized carbons (Fsp3) is 0.481. The van der Waals surface area contributed by atoms with Crippen LogP contribution in [0.3, 0.4) is 0 Å². The number of aromatic nitrogens is 1. The van der Waals surface area contributed by atoms with Crippen LogP contribution in [0, 0.1) is 23.7 Å². The summed E-state index contributed by atoms with van der Waals surface area (Å²) >= 11 is 1.63. The number of rotatable bonds is 6. The van der Waals surface area contributed by atoms with E-state index in [1.807, 2.05) is 40.6 Å². The summed E-state index contributed by atoms with van der Waals surface area (Å²) in [4.78, 5) is 49.3. The third kappa shape index (κ3) is 3.78. The van der Waals surface area contributed by atoms with Gasteiger partial charge >= 0.3 is 6.03 Å². The van der Waals surface area contributed by atoms with Crippen LogP contribution >= 0.6 is 11.3 Å². The first kappa shape index (κ1) is 22.5. The lowest BCUT2D eigenvalue weighted by molar-refractivity contribution is -0.139. The van der Waals surface area contributed by atoms with Gasteiger partial charge in [-0.2, -0.15) is 0 Å². The largest absolute Gasteiger partial charge is 0.342 e. The van der Waals surface area contributed by atoms with Gasteiger partial charge in [0.05, 0.1) is 5.69 Å². The van der Waals surface area contributed by atoms with Crippen molar-refractivity contribution >= 4 is 29.2 Å². The Morgan fingerprint density at radius 1 is 1.11 bits per heavy atom. The van der Waals surface area contributed by atoms with Gasteiger partial charge in [0.15, 0.2) is 5.54 Å². The van der Waals surface area contributed by atoms with Crippen LogP contribution in [0.2, 0.25) is 0 Å². The van der Waals surface area contributed by atoms with Gasteiger partial charge in [-0.15, -0.1) is 11.3 Å².